The molecule has 90 valence electrons. The first-order chi connectivity index (χ1) is 7.33. The lowest BCUT2D eigenvalue weighted by molar-refractivity contribution is 0.327. The van der Waals surface area contributed by atoms with Gasteiger partial charge in [0, 0.05) is 11.9 Å². The van der Waals surface area contributed by atoms with Crippen molar-refractivity contribution in [3.63, 3.8) is 0 Å². The predicted molar refractivity (Wildman–Crippen MR) is 67.7 cm³/mol. The van der Waals surface area contributed by atoms with Gasteiger partial charge in [0.25, 0.3) is 0 Å². The Morgan fingerprint density at radius 3 is 2.67 bits per heavy atom. The van der Waals surface area contributed by atoms with Crippen molar-refractivity contribution < 1.29 is 0 Å². The highest BCUT2D eigenvalue weighted by Gasteiger charge is 2.10. The quantitative estimate of drug-likeness (QED) is 0.511. The van der Waals surface area contributed by atoms with Gasteiger partial charge in [-0.1, -0.05) is 0 Å². The van der Waals surface area contributed by atoms with Crippen LogP contribution >= 0.6 is 11.6 Å². The fraction of sp³-hybridized carbons (Fsp3) is 1.00. The monoisotopic (exact) mass is 232 g/mol. The summed E-state index contributed by atoms with van der Waals surface area (Å²) in [6, 6.07) is 0.627. The first-order valence-electron chi connectivity index (χ1n) is 6.34. The zero-order valence-electron chi connectivity index (χ0n) is 9.97. The minimum atomic E-state index is 0.627. The van der Waals surface area contributed by atoms with E-state index in [1.54, 1.807) is 0 Å². The molecule has 1 saturated heterocycles. The number of alkyl halides is 1. The van der Waals surface area contributed by atoms with Gasteiger partial charge in [0.1, 0.15) is 0 Å². The molecule has 0 spiro atoms. The zero-order chi connectivity index (χ0) is 10.9. The molecule has 0 aromatic heterocycles. The van der Waals surface area contributed by atoms with Crippen LogP contribution in [0, 0.1) is 0 Å². The van der Waals surface area contributed by atoms with Crippen molar-refractivity contribution in [3.8, 4) is 0 Å². The van der Waals surface area contributed by atoms with Gasteiger partial charge in [0.15, 0.2) is 0 Å². The third-order valence-electron chi connectivity index (χ3n) is 3.11. The normalized spacial score (nSPS) is 19.6. The van der Waals surface area contributed by atoms with Crippen molar-refractivity contribution in [2.24, 2.45) is 0 Å². The number of nitrogens with zero attached hydrogens (tertiary/aromatic N) is 1. The van der Waals surface area contributed by atoms with Crippen LogP contribution in [0.1, 0.15) is 39.0 Å². The second-order valence-corrected chi connectivity index (χ2v) is 4.97. The van der Waals surface area contributed by atoms with Gasteiger partial charge in [-0.3, -0.25) is 0 Å². The van der Waals surface area contributed by atoms with E-state index < -0.39 is 0 Å². The highest BCUT2D eigenvalue weighted by Crippen LogP contribution is 2.07. The minimum Gasteiger partial charge on any atom is -0.314 e. The van der Waals surface area contributed by atoms with Crippen molar-refractivity contribution in [1.82, 2.24) is 10.2 Å². The number of halogens is 1. The Hall–Kier alpha value is 0.210. The average molecular weight is 233 g/mol. The molecule has 1 atom stereocenters. The van der Waals surface area contributed by atoms with Crippen molar-refractivity contribution in [1.29, 1.82) is 0 Å². The van der Waals surface area contributed by atoms with Crippen molar-refractivity contribution in [3.05, 3.63) is 0 Å². The van der Waals surface area contributed by atoms with Gasteiger partial charge < -0.3 is 10.2 Å². The molecule has 0 saturated carbocycles. The van der Waals surface area contributed by atoms with Crippen LogP contribution in [0.3, 0.4) is 0 Å². The Labute approximate surface area is 99.4 Å². The maximum absolute atomic E-state index is 5.66. The molecule has 0 aliphatic carbocycles. The molecule has 0 radical (unpaired) electrons. The fourth-order valence-electron chi connectivity index (χ4n) is 2.14. The van der Waals surface area contributed by atoms with Crippen LogP contribution in [0.15, 0.2) is 0 Å². The molecule has 3 heteroatoms. The number of hydrogen-bond donors (Lipinski definition) is 1. The Bertz CT molecular complexity index is 147. The van der Waals surface area contributed by atoms with Gasteiger partial charge >= 0.3 is 0 Å². The van der Waals surface area contributed by atoms with Crippen LogP contribution in [0.25, 0.3) is 0 Å². The summed E-state index contributed by atoms with van der Waals surface area (Å²) >= 11 is 5.66. The second-order valence-electron chi connectivity index (χ2n) is 4.59. The van der Waals surface area contributed by atoms with Crippen molar-refractivity contribution in [2.75, 3.05) is 32.1 Å². The standard InChI is InChI=1S/C12H25ClN2/c1-12(6-4-7-13)14-8-5-11-15-9-2-3-10-15/h12,14H,2-11H2,1H3. The first kappa shape index (κ1) is 13.3. The van der Waals surface area contributed by atoms with E-state index in [0.29, 0.717) is 6.04 Å². The van der Waals surface area contributed by atoms with Gasteiger partial charge in [0.05, 0.1) is 0 Å². The Kier molecular flexibility index (Phi) is 7.41. The molecule has 0 aromatic rings. The maximum Gasteiger partial charge on any atom is 0.0224 e. The molecule has 1 unspecified atom stereocenters. The van der Waals surface area contributed by atoms with E-state index >= 15 is 0 Å². The first-order valence-corrected chi connectivity index (χ1v) is 6.88. The van der Waals surface area contributed by atoms with Gasteiger partial charge in [-0.2, -0.15) is 0 Å². The lowest BCUT2D eigenvalue weighted by atomic mass is 10.2. The van der Waals surface area contributed by atoms with Crippen LogP contribution in [-0.4, -0.2) is 43.0 Å². The molecular weight excluding hydrogens is 208 g/mol. The number of nitrogens with one attached hydrogen (secondary N) is 1. The molecule has 0 aromatic carbocycles. The van der Waals surface area contributed by atoms with E-state index in [4.69, 9.17) is 11.6 Å². The van der Waals surface area contributed by atoms with E-state index in [1.807, 2.05) is 0 Å². The molecule has 0 amide bonds. The SMILES string of the molecule is CC(CCCCl)NCCCN1CCCC1. The summed E-state index contributed by atoms with van der Waals surface area (Å²) in [5, 5.41) is 3.56. The number of likely N-dealkylation sites (tertiary alicyclic amines) is 1. The van der Waals surface area contributed by atoms with Crippen LogP contribution in [-0.2, 0) is 0 Å². The smallest absolute Gasteiger partial charge is 0.0224 e. The molecule has 1 heterocycles. The van der Waals surface area contributed by atoms with Gasteiger partial charge in [-0.25, -0.2) is 0 Å². The van der Waals surface area contributed by atoms with E-state index in [1.165, 1.54) is 45.3 Å². The zero-order valence-corrected chi connectivity index (χ0v) is 10.7. The van der Waals surface area contributed by atoms with Crippen LogP contribution in [0.2, 0.25) is 0 Å². The molecule has 1 fully saturated rings. The summed E-state index contributed by atoms with van der Waals surface area (Å²) in [5.74, 6) is 0.791. The van der Waals surface area contributed by atoms with E-state index in [9.17, 15) is 0 Å². The van der Waals surface area contributed by atoms with Crippen LogP contribution in [0.5, 0.6) is 0 Å². The van der Waals surface area contributed by atoms with Gasteiger partial charge in [-0.05, 0) is 65.2 Å². The van der Waals surface area contributed by atoms with E-state index in [2.05, 4.69) is 17.1 Å². The minimum absolute atomic E-state index is 0.627. The lowest BCUT2D eigenvalue weighted by Gasteiger charge is -2.16. The predicted octanol–water partition coefficient (Wildman–Crippen LogP) is 2.47. The largest absolute Gasteiger partial charge is 0.314 e. The molecule has 1 N–H and O–H groups in total. The summed E-state index contributed by atoms with van der Waals surface area (Å²) < 4.78 is 0. The Morgan fingerprint density at radius 2 is 2.00 bits per heavy atom. The van der Waals surface area contributed by atoms with Gasteiger partial charge in [-0.15, -0.1) is 11.6 Å². The van der Waals surface area contributed by atoms with E-state index in [0.717, 1.165) is 18.8 Å². The number of hydrogen-bond acceptors (Lipinski definition) is 2. The summed E-state index contributed by atoms with van der Waals surface area (Å²) in [6.45, 7) is 7.32. The Balaban J connectivity index is 1.87. The highest BCUT2D eigenvalue weighted by molar-refractivity contribution is 6.17. The third-order valence-corrected chi connectivity index (χ3v) is 3.38. The van der Waals surface area contributed by atoms with Crippen molar-refractivity contribution >= 4 is 11.6 Å². The summed E-state index contributed by atoms with van der Waals surface area (Å²) in [5.41, 5.74) is 0. The summed E-state index contributed by atoms with van der Waals surface area (Å²) in [6.07, 6.45) is 6.42. The van der Waals surface area contributed by atoms with Crippen molar-refractivity contribution in [2.45, 2.75) is 45.1 Å². The maximum atomic E-state index is 5.66. The summed E-state index contributed by atoms with van der Waals surface area (Å²) in [4.78, 5) is 2.57. The lowest BCUT2D eigenvalue weighted by Crippen LogP contribution is -2.30. The molecular formula is C12H25ClN2. The molecule has 1 aliphatic heterocycles. The number of rotatable bonds is 8. The Morgan fingerprint density at radius 1 is 1.27 bits per heavy atom. The molecule has 0 bridgehead atoms. The van der Waals surface area contributed by atoms with E-state index in [-0.39, 0.29) is 0 Å². The second kappa shape index (κ2) is 8.37. The van der Waals surface area contributed by atoms with Crippen LogP contribution < -0.4 is 5.32 Å². The molecule has 1 aliphatic rings. The van der Waals surface area contributed by atoms with Crippen LogP contribution in [0.4, 0.5) is 0 Å². The highest BCUT2D eigenvalue weighted by atomic mass is 35.5. The fourth-order valence-corrected chi connectivity index (χ4v) is 2.30. The summed E-state index contributed by atoms with van der Waals surface area (Å²) in [7, 11) is 0. The molecule has 2 nitrogen and oxygen atoms in total. The topological polar surface area (TPSA) is 15.3 Å². The molecule has 1 rings (SSSR count). The third kappa shape index (κ3) is 6.39. The average Bonchev–Trinajstić information content (AvgIpc) is 2.74. The van der Waals surface area contributed by atoms with Gasteiger partial charge in [0.2, 0.25) is 0 Å². The molecule has 15 heavy (non-hydrogen) atoms.